The predicted molar refractivity (Wildman–Crippen MR) is 86.4 cm³/mol. The Labute approximate surface area is 139 Å². The fourth-order valence-electron chi connectivity index (χ4n) is 2.60. The highest BCUT2D eigenvalue weighted by Gasteiger charge is 2.25. The number of anilines is 1. The minimum atomic E-state index is -0.234. The Kier molecular flexibility index (Phi) is 4.37. The van der Waals surface area contributed by atoms with Crippen LogP contribution in [0, 0.1) is 0 Å². The smallest absolute Gasteiger partial charge is 0.322 e. The first-order valence-electron chi connectivity index (χ1n) is 7.30. The third-order valence-electron chi connectivity index (χ3n) is 3.79. The highest BCUT2D eigenvalue weighted by molar-refractivity contribution is 5.90. The maximum atomic E-state index is 12.5. The standard InChI is InChI=1S/C16H18N4O4/c1-22-13-4-11(5-14(23-2)15(13)24-3)19-16(21)20-7-10-6-17-9-18-12(10)8-20/h4-6,9H,7-8H2,1-3H3,(H,19,21). The van der Waals surface area contributed by atoms with Crippen molar-refractivity contribution in [3.63, 3.8) is 0 Å². The molecule has 0 unspecified atom stereocenters. The number of amides is 2. The normalized spacial score (nSPS) is 12.5. The lowest BCUT2D eigenvalue weighted by atomic mass is 10.2. The van der Waals surface area contributed by atoms with Crippen LogP contribution in [-0.4, -0.2) is 42.2 Å². The van der Waals surface area contributed by atoms with Crippen molar-refractivity contribution >= 4 is 11.7 Å². The van der Waals surface area contributed by atoms with E-state index in [1.54, 1.807) is 23.2 Å². The minimum Gasteiger partial charge on any atom is -0.493 e. The lowest BCUT2D eigenvalue weighted by Crippen LogP contribution is -2.30. The molecule has 2 heterocycles. The van der Waals surface area contributed by atoms with Gasteiger partial charge in [-0.1, -0.05) is 0 Å². The molecule has 2 aromatic rings. The zero-order valence-corrected chi connectivity index (χ0v) is 13.7. The Bertz CT molecular complexity index is 715. The molecule has 1 aromatic heterocycles. The summed E-state index contributed by atoms with van der Waals surface area (Å²) in [6.45, 7) is 0.931. The van der Waals surface area contributed by atoms with E-state index >= 15 is 0 Å². The molecule has 1 aromatic carbocycles. The van der Waals surface area contributed by atoms with Crippen LogP contribution in [0.25, 0.3) is 0 Å². The average Bonchev–Trinajstić information content (AvgIpc) is 3.05. The van der Waals surface area contributed by atoms with Gasteiger partial charge in [-0.25, -0.2) is 14.8 Å². The van der Waals surface area contributed by atoms with E-state index in [4.69, 9.17) is 14.2 Å². The summed E-state index contributed by atoms with van der Waals surface area (Å²) in [5, 5.41) is 2.84. The Balaban J connectivity index is 1.78. The molecule has 0 fully saturated rings. The topological polar surface area (TPSA) is 85.8 Å². The summed E-state index contributed by atoms with van der Waals surface area (Å²) in [7, 11) is 4.58. The average molecular weight is 330 g/mol. The molecule has 126 valence electrons. The summed E-state index contributed by atoms with van der Waals surface area (Å²) in [5.41, 5.74) is 2.37. The van der Waals surface area contributed by atoms with Gasteiger partial charge in [-0.2, -0.15) is 0 Å². The van der Waals surface area contributed by atoms with Crippen LogP contribution in [0.2, 0.25) is 0 Å². The molecule has 8 heteroatoms. The lowest BCUT2D eigenvalue weighted by Gasteiger charge is -2.18. The first-order chi connectivity index (χ1) is 11.7. The first kappa shape index (κ1) is 15.9. The summed E-state index contributed by atoms with van der Waals surface area (Å²) < 4.78 is 15.8. The molecule has 2 amide bonds. The number of benzene rings is 1. The van der Waals surface area contributed by atoms with Crippen molar-refractivity contribution in [1.82, 2.24) is 14.9 Å². The zero-order valence-electron chi connectivity index (χ0n) is 13.7. The van der Waals surface area contributed by atoms with Crippen molar-refractivity contribution in [1.29, 1.82) is 0 Å². The number of nitrogens with one attached hydrogen (secondary N) is 1. The predicted octanol–water partition coefficient (Wildman–Crippen LogP) is 2.05. The third-order valence-corrected chi connectivity index (χ3v) is 3.79. The van der Waals surface area contributed by atoms with Crippen LogP contribution in [-0.2, 0) is 13.1 Å². The van der Waals surface area contributed by atoms with E-state index in [0.717, 1.165) is 11.3 Å². The quantitative estimate of drug-likeness (QED) is 0.923. The highest BCUT2D eigenvalue weighted by Crippen LogP contribution is 2.40. The molecular weight excluding hydrogens is 312 g/mol. The maximum absolute atomic E-state index is 12.5. The molecule has 24 heavy (non-hydrogen) atoms. The number of rotatable bonds is 4. The molecule has 1 aliphatic rings. The van der Waals surface area contributed by atoms with Crippen LogP contribution in [0.5, 0.6) is 17.2 Å². The molecular formula is C16H18N4O4. The fraction of sp³-hybridized carbons (Fsp3) is 0.312. The fourth-order valence-corrected chi connectivity index (χ4v) is 2.60. The second kappa shape index (κ2) is 6.61. The number of nitrogens with zero attached hydrogens (tertiary/aromatic N) is 3. The summed E-state index contributed by atoms with van der Waals surface area (Å²) >= 11 is 0. The van der Waals surface area contributed by atoms with Gasteiger partial charge in [0.05, 0.1) is 45.8 Å². The second-order valence-corrected chi connectivity index (χ2v) is 5.19. The van der Waals surface area contributed by atoms with Crippen LogP contribution in [0.1, 0.15) is 11.3 Å². The number of methoxy groups -OCH3 is 3. The third kappa shape index (κ3) is 2.90. The van der Waals surface area contributed by atoms with Gasteiger partial charge in [-0.15, -0.1) is 0 Å². The van der Waals surface area contributed by atoms with Crippen LogP contribution in [0.3, 0.4) is 0 Å². The molecule has 1 N–H and O–H groups in total. The summed E-state index contributed by atoms with van der Waals surface area (Å²) in [6, 6.07) is 3.13. The molecule has 0 saturated carbocycles. The molecule has 0 saturated heterocycles. The van der Waals surface area contributed by atoms with Crippen molar-refractivity contribution in [2.24, 2.45) is 0 Å². The number of urea groups is 1. The number of carbonyl (C=O) groups excluding carboxylic acids is 1. The van der Waals surface area contributed by atoms with Crippen molar-refractivity contribution in [3.05, 3.63) is 35.9 Å². The van der Waals surface area contributed by atoms with Crippen molar-refractivity contribution in [2.45, 2.75) is 13.1 Å². The van der Waals surface area contributed by atoms with Crippen LogP contribution in [0.4, 0.5) is 10.5 Å². The summed E-state index contributed by atoms with van der Waals surface area (Å²) in [4.78, 5) is 22.3. The van der Waals surface area contributed by atoms with E-state index in [0.29, 0.717) is 36.0 Å². The molecule has 0 atom stereocenters. The molecule has 0 spiro atoms. The number of carbonyl (C=O) groups is 1. The number of ether oxygens (including phenoxy) is 3. The molecule has 0 bridgehead atoms. The van der Waals surface area contributed by atoms with E-state index in [9.17, 15) is 4.79 Å². The molecule has 1 aliphatic heterocycles. The van der Waals surface area contributed by atoms with Gasteiger partial charge in [-0.3, -0.25) is 0 Å². The van der Waals surface area contributed by atoms with Gasteiger partial charge >= 0.3 is 6.03 Å². The number of hydrogen-bond acceptors (Lipinski definition) is 6. The lowest BCUT2D eigenvalue weighted by molar-refractivity contribution is 0.212. The van der Waals surface area contributed by atoms with Crippen LogP contribution in [0.15, 0.2) is 24.7 Å². The summed E-state index contributed by atoms with van der Waals surface area (Å²) in [5.74, 6) is 1.42. The Morgan fingerprint density at radius 3 is 2.42 bits per heavy atom. The zero-order chi connectivity index (χ0) is 17.1. The van der Waals surface area contributed by atoms with Crippen molar-refractivity contribution in [2.75, 3.05) is 26.6 Å². The SMILES string of the molecule is COc1cc(NC(=O)N2Cc3cncnc3C2)cc(OC)c1OC. The molecule has 0 radical (unpaired) electrons. The van der Waals surface area contributed by atoms with Crippen LogP contribution >= 0.6 is 0 Å². The van der Waals surface area contributed by atoms with Gasteiger partial charge in [0.25, 0.3) is 0 Å². The highest BCUT2D eigenvalue weighted by atomic mass is 16.5. The monoisotopic (exact) mass is 330 g/mol. The largest absolute Gasteiger partial charge is 0.493 e. The summed E-state index contributed by atoms with van der Waals surface area (Å²) in [6.07, 6.45) is 3.22. The van der Waals surface area contributed by atoms with Gasteiger partial charge < -0.3 is 24.4 Å². The number of aromatic nitrogens is 2. The first-order valence-corrected chi connectivity index (χ1v) is 7.30. The maximum Gasteiger partial charge on any atom is 0.322 e. The molecule has 3 rings (SSSR count). The Morgan fingerprint density at radius 2 is 1.83 bits per heavy atom. The van der Waals surface area contributed by atoms with Crippen molar-refractivity contribution in [3.8, 4) is 17.2 Å². The minimum absolute atomic E-state index is 0.234. The Morgan fingerprint density at radius 1 is 1.12 bits per heavy atom. The molecule has 8 nitrogen and oxygen atoms in total. The van der Waals surface area contributed by atoms with E-state index in [1.165, 1.54) is 27.7 Å². The second-order valence-electron chi connectivity index (χ2n) is 5.19. The van der Waals surface area contributed by atoms with Gasteiger partial charge in [0.15, 0.2) is 11.5 Å². The van der Waals surface area contributed by atoms with Gasteiger partial charge in [0.2, 0.25) is 5.75 Å². The Hall–Kier alpha value is -3.03. The van der Waals surface area contributed by atoms with E-state index in [-0.39, 0.29) is 6.03 Å². The van der Waals surface area contributed by atoms with E-state index < -0.39 is 0 Å². The van der Waals surface area contributed by atoms with Gasteiger partial charge in [0.1, 0.15) is 6.33 Å². The van der Waals surface area contributed by atoms with Crippen molar-refractivity contribution < 1.29 is 19.0 Å². The molecule has 0 aliphatic carbocycles. The van der Waals surface area contributed by atoms with E-state index in [1.807, 2.05) is 0 Å². The van der Waals surface area contributed by atoms with Gasteiger partial charge in [0, 0.05) is 23.9 Å². The number of hydrogen-bond donors (Lipinski definition) is 1. The van der Waals surface area contributed by atoms with E-state index in [2.05, 4.69) is 15.3 Å². The van der Waals surface area contributed by atoms with Crippen LogP contribution < -0.4 is 19.5 Å². The number of fused-ring (bicyclic) bond motifs is 1. The van der Waals surface area contributed by atoms with Gasteiger partial charge in [-0.05, 0) is 0 Å².